The van der Waals surface area contributed by atoms with Crippen LogP contribution in [0.2, 0.25) is 0 Å². The molecule has 0 aromatic heterocycles. The van der Waals surface area contributed by atoms with Crippen LogP contribution in [0, 0.1) is 0 Å². The molecule has 1 aliphatic heterocycles. The van der Waals surface area contributed by atoms with Gasteiger partial charge in [-0.3, -0.25) is 9.59 Å². The van der Waals surface area contributed by atoms with Gasteiger partial charge in [-0.05, 0) is 18.9 Å². The van der Waals surface area contributed by atoms with Gasteiger partial charge in [-0.1, -0.05) is 42.4 Å². The first kappa shape index (κ1) is 20.6. The van der Waals surface area contributed by atoms with Gasteiger partial charge in [-0.25, -0.2) is 8.78 Å². The molecule has 0 saturated carbocycles. The van der Waals surface area contributed by atoms with Crippen molar-refractivity contribution in [3.8, 4) is 0 Å². The van der Waals surface area contributed by atoms with Gasteiger partial charge in [-0.15, -0.1) is 4.59 Å². The third-order valence-corrected chi connectivity index (χ3v) is 5.39. The van der Waals surface area contributed by atoms with E-state index in [2.05, 4.69) is 5.10 Å². The Morgan fingerprint density at radius 2 is 2.17 bits per heavy atom. The summed E-state index contributed by atoms with van der Waals surface area (Å²) in [4.78, 5) is 23.0. The topological polar surface area (TPSA) is 81.8 Å². The predicted molar refractivity (Wildman–Crippen MR) is 106 cm³/mol. The number of nitrogens with zero attached hydrogens (tertiary/aromatic N) is 2. The van der Waals surface area contributed by atoms with Gasteiger partial charge in [0.05, 0.1) is 0 Å². The maximum absolute atomic E-state index is 13.5. The van der Waals surface area contributed by atoms with E-state index in [-0.39, 0.29) is 12.2 Å². The van der Waals surface area contributed by atoms with Crippen molar-refractivity contribution in [1.29, 1.82) is 0 Å². The molecule has 6 nitrogen and oxygen atoms in total. The largest absolute Gasteiger partial charge is 0.421 e. The quantitative estimate of drug-likeness (QED) is 0.560. The van der Waals surface area contributed by atoms with Crippen LogP contribution in [0.3, 0.4) is 0 Å². The molecule has 0 saturated heterocycles. The number of benzene rings is 1. The molecule has 0 fully saturated rings. The first-order valence-corrected chi connectivity index (χ1v) is 9.14. The van der Waals surface area contributed by atoms with Crippen molar-refractivity contribution in [2.75, 3.05) is 7.05 Å². The Kier molecular flexibility index (Phi) is 5.48. The Bertz CT molecular complexity index is 968. The number of quaternary nitrogens is 1. The van der Waals surface area contributed by atoms with Gasteiger partial charge >= 0.3 is 0 Å². The molecular formula is C21H22F2N3O3+. The number of allylic oxidation sites excluding steroid dienone is 5. The number of hydrogen-bond donors (Lipinski definition) is 1. The number of alkyl halides is 2. The summed E-state index contributed by atoms with van der Waals surface area (Å²) in [7, 11) is 1.58. The van der Waals surface area contributed by atoms with Crippen LogP contribution < -0.4 is 10.3 Å². The minimum atomic E-state index is -2.93. The molecule has 1 amide bonds. The molecule has 3 rings (SSSR count). The number of carbonyl (C=O) groups is 2. The van der Waals surface area contributed by atoms with Crippen LogP contribution in [0.5, 0.6) is 0 Å². The number of amides is 1. The standard InChI is InChI=1S/C21H21F2N3O3/c1-3-21(10-5-4-6-11-21)17-14(20(24)28)8-7-9-15(17)26(2)12-16(29-13-27)18(25-26)19(22)23/h4-10,12-13,19H,3,11H2,1-2H3,(H-,24,28)/p+1. The van der Waals surface area contributed by atoms with Crippen LogP contribution in [0.4, 0.5) is 14.5 Å². The van der Waals surface area contributed by atoms with Crippen molar-refractivity contribution in [3.05, 3.63) is 65.6 Å². The van der Waals surface area contributed by atoms with Crippen molar-refractivity contribution in [1.82, 2.24) is 4.59 Å². The summed E-state index contributed by atoms with van der Waals surface area (Å²) in [5.41, 5.74) is 5.92. The zero-order chi connectivity index (χ0) is 21.2. The van der Waals surface area contributed by atoms with Gasteiger partial charge in [0.1, 0.15) is 7.05 Å². The molecule has 0 spiro atoms. The van der Waals surface area contributed by atoms with Crippen LogP contribution in [0.15, 0.2) is 59.6 Å². The van der Waals surface area contributed by atoms with E-state index >= 15 is 0 Å². The summed E-state index contributed by atoms with van der Waals surface area (Å²) in [6.07, 6.45) is 7.44. The van der Waals surface area contributed by atoms with Crippen LogP contribution in [-0.4, -0.2) is 31.6 Å². The van der Waals surface area contributed by atoms with E-state index in [9.17, 15) is 18.4 Å². The second kappa shape index (κ2) is 7.71. The van der Waals surface area contributed by atoms with Crippen molar-refractivity contribution >= 4 is 23.8 Å². The van der Waals surface area contributed by atoms with Gasteiger partial charge in [0.25, 0.3) is 12.9 Å². The van der Waals surface area contributed by atoms with Crippen LogP contribution in [0.1, 0.15) is 35.7 Å². The van der Waals surface area contributed by atoms with Gasteiger partial charge in [0, 0.05) is 22.6 Å². The monoisotopic (exact) mass is 402 g/mol. The third-order valence-electron chi connectivity index (χ3n) is 5.39. The maximum Gasteiger partial charge on any atom is 0.298 e. The van der Waals surface area contributed by atoms with E-state index in [1.807, 2.05) is 31.2 Å². The molecule has 2 atom stereocenters. The summed E-state index contributed by atoms with van der Waals surface area (Å²) in [6.45, 7) is 2.07. The number of halogens is 2. The lowest BCUT2D eigenvalue weighted by Crippen LogP contribution is -2.37. The smallest absolute Gasteiger partial charge is 0.298 e. The van der Waals surface area contributed by atoms with Crippen molar-refractivity contribution in [3.63, 3.8) is 0 Å². The number of primary amides is 1. The van der Waals surface area contributed by atoms with Gasteiger partial charge in [0.2, 0.25) is 17.4 Å². The molecule has 0 bridgehead atoms. The third kappa shape index (κ3) is 3.51. The van der Waals surface area contributed by atoms with E-state index in [1.165, 1.54) is 6.20 Å². The first-order chi connectivity index (χ1) is 13.8. The highest BCUT2D eigenvalue weighted by Crippen LogP contribution is 2.46. The summed E-state index contributed by atoms with van der Waals surface area (Å²) in [5.74, 6) is -0.924. The molecule has 1 heterocycles. The van der Waals surface area contributed by atoms with Crippen molar-refractivity contribution < 1.29 is 23.1 Å². The summed E-state index contributed by atoms with van der Waals surface area (Å²) in [6, 6.07) is 4.98. The van der Waals surface area contributed by atoms with Gasteiger partial charge in [0.15, 0.2) is 11.9 Å². The predicted octanol–water partition coefficient (Wildman–Crippen LogP) is 3.54. The molecule has 1 aliphatic carbocycles. The second-order valence-corrected chi connectivity index (χ2v) is 7.08. The van der Waals surface area contributed by atoms with E-state index in [1.54, 1.807) is 25.2 Å². The normalized spacial score (nSPS) is 25.7. The van der Waals surface area contributed by atoms with Gasteiger partial charge < -0.3 is 10.5 Å². The SMILES string of the molecule is CCC1(c2c(C(N)=O)cccc2[N+]2(C)C=C(OC=O)C(C(F)F)=N2)C=CC=CC1. The first-order valence-electron chi connectivity index (χ1n) is 9.14. The van der Waals surface area contributed by atoms with Crippen LogP contribution in [-0.2, 0) is 14.9 Å². The molecule has 152 valence electrons. The van der Waals surface area contributed by atoms with Gasteiger partial charge in [-0.2, -0.15) is 0 Å². The molecule has 0 radical (unpaired) electrons. The Labute approximate surface area is 167 Å². The summed E-state index contributed by atoms with van der Waals surface area (Å²) < 4.78 is 31.3. The van der Waals surface area contributed by atoms with E-state index in [4.69, 9.17) is 10.5 Å². The molecule has 1 aromatic carbocycles. The average molecular weight is 402 g/mol. The Hall–Kier alpha value is -3.13. The Balaban J connectivity index is 2.30. The minimum absolute atomic E-state index is 0.0857. The van der Waals surface area contributed by atoms with E-state index < -0.39 is 28.1 Å². The molecule has 1 aromatic rings. The Morgan fingerprint density at radius 1 is 1.41 bits per heavy atom. The fourth-order valence-electron chi connectivity index (χ4n) is 3.95. The summed E-state index contributed by atoms with van der Waals surface area (Å²) in [5, 5.41) is 4.14. The van der Waals surface area contributed by atoms with Crippen molar-refractivity contribution in [2.45, 2.75) is 31.6 Å². The molecule has 8 heteroatoms. The highest BCUT2D eigenvalue weighted by molar-refractivity contribution is 6.04. The second-order valence-electron chi connectivity index (χ2n) is 7.08. The average Bonchev–Trinajstić information content (AvgIpc) is 3.06. The van der Waals surface area contributed by atoms with Crippen LogP contribution >= 0.6 is 0 Å². The van der Waals surface area contributed by atoms with E-state index in [0.717, 1.165) is 0 Å². The van der Waals surface area contributed by atoms with Crippen LogP contribution in [0.25, 0.3) is 0 Å². The minimum Gasteiger partial charge on any atom is -0.421 e. The lowest BCUT2D eigenvalue weighted by atomic mass is 9.70. The number of rotatable bonds is 7. The Morgan fingerprint density at radius 3 is 2.72 bits per heavy atom. The molecular weight excluding hydrogens is 380 g/mol. The molecule has 29 heavy (non-hydrogen) atoms. The highest BCUT2D eigenvalue weighted by Gasteiger charge is 2.44. The fourth-order valence-corrected chi connectivity index (χ4v) is 3.95. The number of carbonyl (C=O) groups excluding carboxylic acids is 2. The fraction of sp³-hybridized carbons (Fsp3) is 0.286. The highest BCUT2D eigenvalue weighted by atomic mass is 19.3. The lowest BCUT2D eigenvalue weighted by Gasteiger charge is -2.35. The maximum atomic E-state index is 13.5. The number of nitrogens with two attached hydrogens (primary N) is 1. The number of ether oxygens (including phenoxy) is 1. The molecule has 2 aliphatic rings. The zero-order valence-corrected chi connectivity index (χ0v) is 16.1. The molecule has 2 N–H and O–H groups in total. The lowest BCUT2D eigenvalue weighted by molar-refractivity contribution is -0.124. The van der Waals surface area contributed by atoms with Crippen molar-refractivity contribution in [2.24, 2.45) is 10.8 Å². The summed E-state index contributed by atoms with van der Waals surface area (Å²) >= 11 is 0. The number of hydrogen-bond acceptors (Lipinski definition) is 4. The molecule has 2 unspecified atom stereocenters. The van der Waals surface area contributed by atoms with E-state index in [0.29, 0.717) is 29.7 Å². The zero-order valence-electron chi connectivity index (χ0n) is 16.1.